The summed E-state index contributed by atoms with van der Waals surface area (Å²) in [7, 11) is 0. The number of fused-ring (bicyclic) bond motifs is 1. The minimum Gasteiger partial charge on any atom is -0.462 e. The van der Waals surface area contributed by atoms with Crippen LogP contribution in [0.15, 0.2) is 91.0 Å². The molecule has 0 radical (unpaired) electrons. The van der Waals surface area contributed by atoms with Crippen molar-refractivity contribution in [2.24, 2.45) is 0 Å². The predicted octanol–water partition coefficient (Wildman–Crippen LogP) is 7.36. The van der Waals surface area contributed by atoms with E-state index >= 15 is 0 Å². The number of benzene rings is 3. The molecule has 0 fully saturated rings. The molecule has 4 aromatic rings. The van der Waals surface area contributed by atoms with Crippen molar-refractivity contribution in [2.45, 2.75) is 44.4 Å². The van der Waals surface area contributed by atoms with Crippen LogP contribution in [0.4, 0.5) is 5.00 Å². The summed E-state index contributed by atoms with van der Waals surface area (Å²) < 4.78 is 5.42. The average Bonchev–Trinajstić information content (AvgIpc) is 3.31. The Bertz CT molecular complexity index is 1310. The van der Waals surface area contributed by atoms with Crippen molar-refractivity contribution in [1.82, 2.24) is 0 Å². The molecule has 1 aliphatic rings. The molecule has 4 nitrogen and oxygen atoms in total. The molecule has 188 valence electrons. The number of esters is 1. The number of carbonyl (C=O) groups is 2. The van der Waals surface area contributed by atoms with Gasteiger partial charge in [-0.05, 0) is 54.9 Å². The molecule has 1 N–H and O–H groups in total. The van der Waals surface area contributed by atoms with E-state index in [1.54, 1.807) is 0 Å². The first-order valence-electron chi connectivity index (χ1n) is 12.9. The SMILES string of the molecule is CCOC(=O)c1c(NC(=O)[C@@H](c2ccccc2)C(c2ccccc2)c2ccccc2)sc2c1CCCC2. The second kappa shape index (κ2) is 11.6. The number of aryl methyl sites for hydroxylation is 1. The number of carbonyl (C=O) groups excluding carboxylic acids is 2. The molecule has 5 heteroatoms. The standard InChI is InChI=1S/C32H31NO3S/c1-2-36-32(35)29-25-20-12-13-21-26(25)37-31(29)33-30(34)28(24-18-10-5-11-19-24)27(22-14-6-3-7-15-22)23-16-8-4-9-17-23/h3-11,14-19,27-28H,2,12-13,20-21H2,1H3,(H,33,34)/t28-/m0/s1. The summed E-state index contributed by atoms with van der Waals surface area (Å²) in [6.07, 6.45) is 3.91. The first-order chi connectivity index (χ1) is 18.2. The Morgan fingerprint density at radius 2 is 1.35 bits per heavy atom. The van der Waals surface area contributed by atoms with Crippen molar-refractivity contribution < 1.29 is 14.3 Å². The third-order valence-corrected chi connectivity index (χ3v) is 8.19. The maximum atomic E-state index is 14.3. The molecule has 1 aromatic heterocycles. The average molecular weight is 510 g/mol. The Hall–Kier alpha value is -3.70. The molecule has 0 aliphatic heterocycles. The molecule has 5 rings (SSSR count). The van der Waals surface area contributed by atoms with Gasteiger partial charge in [-0.2, -0.15) is 0 Å². The summed E-state index contributed by atoms with van der Waals surface area (Å²) in [5, 5.41) is 3.81. The summed E-state index contributed by atoms with van der Waals surface area (Å²) >= 11 is 1.53. The van der Waals surface area contributed by atoms with E-state index in [2.05, 4.69) is 29.6 Å². The van der Waals surface area contributed by atoms with Crippen LogP contribution < -0.4 is 5.32 Å². The molecular formula is C32H31NO3S. The van der Waals surface area contributed by atoms with Gasteiger partial charge in [-0.25, -0.2) is 4.79 Å². The largest absolute Gasteiger partial charge is 0.462 e. The highest BCUT2D eigenvalue weighted by Gasteiger charge is 2.34. The zero-order chi connectivity index (χ0) is 25.6. The first-order valence-corrected chi connectivity index (χ1v) is 13.8. The maximum Gasteiger partial charge on any atom is 0.341 e. The second-order valence-corrected chi connectivity index (χ2v) is 10.4. The number of thiophene rings is 1. The Kier molecular flexibility index (Phi) is 7.81. The van der Waals surface area contributed by atoms with Gasteiger partial charge in [0.05, 0.1) is 18.1 Å². The van der Waals surface area contributed by atoms with Crippen LogP contribution in [0, 0.1) is 0 Å². The van der Waals surface area contributed by atoms with E-state index in [0.29, 0.717) is 17.2 Å². The number of hydrogen-bond donors (Lipinski definition) is 1. The lowest BCUT2D eigenvalue weighted by Crippen LogP contribution is -2.28. The van der Waals surface area contributed by atoms with E-state index in [1.807, 2.05) is 73.7 Å². The van der Waals surface area contributed by atoms with Crippen molar-refractivity contribution in [2.75, 3.05) is 11.9 Å². The van der Waals surface area contributed by atoms with Gasteiger partial charge in [0, 0.05) is 10.8 Å². The highest BCUT2D eigenvalue weighted by Crippen LogP contribution is 2.42. The summed E-state index contributed by atoms with van der Waals surface area (Å²) in [5.41, 5.74) is 4.64. The van der Waals surface area contributed by atoms with Crippen molar-refractivity contribution in [1.29, 1.82) is 0 Å². The maximum absolute atomic E-state index is 14.3. The summed E-state index contributed by atoms with van der Waals surface area (Å²) in [6, 6.07) is 30.3. The number of nitrogens with one attached hydrogen (secondary N) is 1. The number of hydrogen-bond acceptors (Lipinski definition) is 4. The van der Waals surface area contributed by atoms with Crippen LogP contribution in [0.3, 0.4) is 0 Å². The van der Waals surface area contributed by atoms with Crippen molar-refractivity contribution in [3.63, 3.8) is 0 Å². The molecule has 0 unspecified atom stereocenters. The van der Waals surface area contributed by atoms with Crippen LogP contribution in [-0.2, 0) is 22.4 Å². The molecule has 37 heavy (non-hydrogen) atoms. The number of amides is 1. The van der Waals surface area contributed by atoms with Crippen molar-refractivity contribution in [3.05, 3.63) is 124 Å². The van der Waals surface area contributed by atoms with Crippen LogP contribution >= 0.6 is 11.3 Å². The molecule has 1 aliphatic carbocycles. The van der Waals surface area contributed by atoms with Crippen LogP contribution in [0.2, 0.25) is 0 Å². The van der Waals surface area contributed by atoms with Crippen molar-refractivity contribution >= 4 is 28.2 Å². The van der Waals surface area contributed by atoms with Gasteiger partial charge in [-0.15, -0.1) is 11.3 Å². The molecule has 1 amide bonds. The van der Waals surface area contributed by atoms with Gasteiger partial charge < -0.3 is 10.1 Å². The van der Waals surface area contributed by atoms with Gasteiger partial charge in [0.1, 0.15) is 5.00 Å². The lowest BCUT2D eigenvalue weighted by atomic mass is 9.76. The monoisotopic (exact) mass is 509 g/mol. The minimum atomic E-state index is -0.500. The van der Waals surface area contributed by atoms with E-state index in [9.17, 15) is 9.59 Å². The second-order valence-electron chi connectivity index (χ2n) is 9.31. The van der Waals surface area contributed by atoms with E-state index < -0.39 is 5.92 Å². The zero-order valence-electron chi connectivity index (χ0n) is 21.0. The highest BCUT2D eigenvalue weighted by molar-refractivity contribution is 7.17. The third kappa shape index (κ3) is 5.37. The van der Waals surface area contributed by atoms with Gasteiger partial charge in [0.15, 0.2) is 0 Å². The Balaban J connectivity index is 1.60. The lowest BCUT2D eigenvalue weighted by Gasteiger charge is -2.28. The van der Waals surface area contributed by atoms with Crippen LogP contribution in [0.25, 0.3) is 0 Å². The lowest BCUT2D eigenvalue weighted by molar-refractivity contribution is -0.117. The molecule has 0 spiro atoms. The number of anilines is 1. The summed E-state index contributed by atoms with van der Waals surface area (Å²) in [4.78, 5) is 28.5. The van der Waals surface area contributed by atoms with Gasteiger partial charge in [-0.3, -0.25) is 4.79 Å². The molecular weight excluding hydrogens is 478 g/mol. The molecule has 0 saturated carbocycles. The van der Waals surface area contributed by atoms with Gasteiger partial charge in [0.25, 0.3) is 0 Å². The first kappa shape index (κ1) is 25.0. The summed E-state index contributed by atoms with van der Waals surface area (Å²) in [6.45, 7) is 2.11. The normalized spacial score (nSPS) is 13.6. The smallest absolute Gasteiger partial charge is 0.341 e. The highest BCUT2D eigenvalue weighted by atomic mass is 32.1. The fourth-order valence-electron chi connectivity index (χ4n) is 5.32. The predicted molar refractivity (Wildman–Crippen MR) is 149 cm³/mol. The Labute approximate surface area is 222 Å². The molecule has 3 aromatic carbocycles. The fraction of sp³-hybridized carbons (Fsp3) is 0.250. The Morgan fingerprint density at radius 1 is 0.811 bits per heavy atom. The topological polar surface area (TPSA) is 55.4 Å². The molecule has 1 heterocycles. The van der Waals surface area contributed by atoms with Crippen LogP contribution in [0.1, 0.15) is 69.1 Å². The van der Waals surface area contributed by atoms with Crippen LogP contribution in [0.5, 0.6) is 0 Å². The molecule has 0 bridgehead atoms. The van der Waals surface area contributed by atoms with Crippen molar-refractivity contribution in [3.8, 4) is 0 Å². The van der Waals surface area contributed by atoms with Gasteiger partial charge in [-0.1, -0.05) is 91.0 Å². The fourth-order valence-corrected chi connectivity index (χ4v) is 6.60. The van der Waals surface area contributed by atoms with E-state index in [1.165, 1.54) is 16.2 Å². The van der Waals surface area contributed by atoms with E-state index in [0.717, 1.165) is 47.9 Å². The van der Waals surface area contributed by atoms with Gasteiger partial charge >= 0.3 is 5.97 Å². The quantitative estimate of drug-likeness (QED) is 0.253. The molecule has 1 atom stereocenters. The third-order valence-electron chi connectivity index (χ3n) is 6.98. The summed E-state index contributed by atoms with van der Waals surface area (Å²) in [5.74, 6) is -1.19. The minimum absolute atomic E-state index is 0.131. The van der Waals surface area contributed by atoms with Crippen LogP contribution in [-0.4, -0.2) is 18.5 Å². The zero-order valence-corrected chi connectivity index (χ0v) is 21.8. The van der Waals surface area contributed by atoms with E-state index in [4.69, 9.17) is 4.74 Å². The molecule has 0 saturated heterocycles. The Morgan fingerprint density at radius 3 is 1.92 bits per heavy atom. The van der Waals surface area contributed by atoms with E-state index in [-0.39, 0.29) is 17.8 Å². The number of ether oxygens (including phenoxy) is 1. The number of rotatable bonds is 8. The van der Waals surface area contributed by atoms with Gasteiger partial charge in [0.2, 0.25) is 5.91 Å².